The lowest BCUT2D eigenvalue weighted by atomic mass is 10.1. The lowest BCUT2D eigenvalue weighted by molar-refractivity contribution is -0.384. The highest BCUT2D eigenvalue weighted by Gasteiger charge is 2.15. The molecule has 0 aliphatic rings. The molecule has 7 heteroatoms. The summed E-state index contributed by atoms with van der Waals surface area (Å²) in [7, 11) is 0. The Labute approximate surface area is 124 Å². The van der Waals surface area contributed by atoms with Gasteiger partial charge in [0.2, 0.25) is 0 Å². The summed E-state index contributed by atoms with van der Waals surface area (Å²) in [5.74, 6) is -0.921. The molecule has 0 unspecified atom stereocenters. The highest BCUT2D eigenvalue weighted by molar-refractivity contribution is 6.32. The molecule has 108 valence electrons. The van der Waals surface area contributed by atoms with E-state index in [4.69, 9.17) is 11.6 Å². The molecule has 0 aromatic heterocycles. The van der Waals surface area contributed by atoms with Crippen LogP contribution in [0.25, 0.3) is 0 Å². The van der Waals surface area contributed by atoms with Crippen molar-refractivity contribution < 1.29 is 14.1 Å². The average molecular weight is 309 g/mol. The van der Waals surface area contributed by atoms with Gasteiger partial charge in [-0.1, -0.05) is 11.6 Å². The fourth-order valence-corrected chi connectivity index (χ4v) is 2.00. The van der Waals surface area contributed by atoms with E-state index in [9.17, 15) is 19.3 Å². The van der Waals surface area contributed by atoms with Gasteiger partial charge in [-0.2, -0.15) is 0 Å². The van der Waals surface area contributed by atoms with E-state index >= 15 is 0 Å². The van der Waals surface area contributed by atoms with Crippen LogP contribution in [0.1, 0.15) is 15.9 Å². The normalized spacial score (nSPS) is 10.2. The van der Waals surface area contributed by atoms with Crippen LogP contribution in [-0.2, 0) is 0 Å². The zero-order chi connectivity index (χ0) is 15.6. The molecule has 0 heterocycles. The van der Waals surface area contributed by atoms with Crippen LogP contribution in [0.4, 0.5) is 15.8 Å². The van der Waals surface area contributed by atoms with Crippen LogP contribution in [-0.4, -0.2) is 10.8 Å². The van der Waals surface area contributed by atoms with Crippen LogP contribution < -0.4 is 5.32 Å². The van der Waals surface area contributed by atoms with Crippen LogP contribution in [0.15, 0.2) is 36.4 Å². The van der Waals surface area contributed by atoms with Gasteiger partial charge in [-0.25, -0.2) is 4.39 Å². The zero-order valence-corrected chi connectivity index (χ0v) is 11.6. The van der Waals surface area contributed by atoms with Crippen molar-refractivity contribution in [3.8, 4) is 0 Å². The first-order valence-electron chi connectivity index (χ1n) is 5.90. The van der Waals surface area contributed by atoms with E-state index < -0.39 is 16.6 Å². The van der Waals surface area contributed by atoms with Gasteiger partial charge in [0.25, 0.3) is 11.6 Å². The number of nitro benzene ring substituents is 1. The van der Waals surface area contributed by atoms with Gasteiger partial charge >= 0.3 is 0 Å². The van der Waals surface area contributed by atoms with E-state index in [1.54, 1.807) is 6.92 Å². The fourth-order valence-electron chi connectivity index (χ4n) is 1.81. The molecular formula is C14H10ClFN2O3. The molecule has 2 aromatic rings. The molecular weight excluding hydrogens is 299 g/mol. The monoisotopic (exact) mass is 308 g/mol. The molecule has 0 radical (unpaired) electrons. The van der Waals surface area contributed by atoms with Crippen molar-refractivity contribution in [3.63, 3.8) is 0 Å². The Morgan fingerprint density at radius 3 is 2.62 bits per heavy atom. The first-order chi connectivity index (χ1) is 9.88. The van der Waals surface area contributed by atoms with Gasteiger partial charge in [-0.15, -0.1) is 0 Å². The predicted octanol–water partition coefficient (Wildman–Crippen LogP) is 3.95. The van der Waals surface area contributed by atoms with Gasteiger partial charge in [0.1, 0.15) is 10.8 Å². The molecule has 0 atom stereocenters. The molecule has 0 spiro atoms. The number of rotatable bonds is 3. The second-order valence-corrected chi connectivity index (χ2v) is 4.74. The number of amides is 1. The Kier molecular flexibility index (Phi) is 4.18. The summed E-state index contributed by atoms with van der Waals surface area (Å²) in [6, 6.07) is 7.70. The van der Waals surface area contributed by atoms with Crippen LogP contribution >= 0.6 is 11.6 Å². The minimum absolute atomic E-state index is 0.0176. The number of carbonyl (C=O) groups is 1. The first kappa shape index (κ1) is 14.9. The summed E-state index contributed by atoms with van der Waals surface area (Å²) in [6.45, 7) is 1.60. The van der Waals surface area contributed by atoms with Crippen LogP contribution in [0.2, 0.25) is 5.02 Å². The second-order valence-electron chi connectivity index (χ2n) is 4.34. The van der Waals surface area contributed by atoms with E-state index in [0.29, 0.717) is 5.56 Å². The number of hydrogen-bond donors (Lipinski definition) is 1. The highest BCUT2D eigenvalue weighted by atomic mass is 35.5. The summed E-state index contributed by atoms with van der Waals surface area (Å²) in [4.78, 5) is 22.2. The van der Waals surface area contributed by atoms with Crippen LogP contribution in [0, 0.1) is 22.9 Å². The van der Waals surface area contributed by atoms with Crippen LogP contribution in [0.3, 0.4) is 0 Å². The van der Waals surface area contributed by atoms with E-state index in [-0.39, 0.29) is 22.0 Å². The lowest BCUT2D eigenvalue weighted by Crippen LogP contribution is -2.13. The lowest BCUT2D eigenvalue weighted by Gasteiger charge is -2.08. The van der Waals surface area contributed by atoms with E-state index in [0.717, 1.165) is 0 Å². The Morgan fingerprint density at radius 2 is 2.00 bits per heavy atom. The molecule has 0 aliphatic carbocycles. The predicted molar refractivity (Wildman–Crippen MR) is 77.2 cm³/mol. The number of nitrogens with one attached hydrogen (secondary N) is 1. The standard InChI is InChI=1S/C14H10ClFN2O3/c1-8-6-9(16)2-4-11(8)14(19)17-10-3-5-12(15)13(7-10)18(20)21/h2-7H,1H3,(H,17,19). The Hall–Kier alpha value is -2.47. The van der Waals surface area contributed by atoms with Gasteiger partial charge in [0.15, 0.2) is 0 Å². The van der Waals surface area contributed by atoms with Gasteiger partial charge in [-0.3, -0.25) is 14.9 Å². The number of aryl methyl sites for hydroxylation is 1. The number of hydrogen-bond acceptors (Lipinski definition) is 3. The zero-order valence-electron chi connectivity index (χ0n) is 10.9. The average Bonchev–Trinajstić information content (AvgIpc) is 2.40. The minimum Gasteiger partial charge on any atom is -0.322 e. The van der Waals surface area contributed by atoms with Crippen molar-refractivity contribution in [1.29, 1.82) is 0 Å². The number of benzene rings is 2. The molecule has 0 fully saturated rings. The third-order valence-corrected chi connectivity index (χ3v) is 3.15. The Balaban J connectivity index is 2.27. The summed E-state index contributed by atoms with van der Waals surface area (Å²) in [6.07, 6.45) is 0. The Bertz CT molecular complexity index is 734. The van der Waals surface area contributed by atoms with Gasteiger partial charge in [-0.05, 0) is 42.8 Å². The molecule has 2 aromatic carbocycles. The second kappa shape index (κ2) is 5.88. The SMILES string of the molecule is Cc1cc(F)ccc1C(=O)Nc1ccc(Cl)c([N+](=O)[O-])c1. The number of anilines is 1. The Morgan fingerprint density at radius 1 is 1.29 bits per heavy atom. The van der Waals surface area contributed by atoms with E-state index in [1.165, 1.54) is 36.4 Å². The summed E-state index contributed by atoms with van der Waals surface area (Å²) in [5, 5.41) is 13.3. The molecule has 0 aliphatic heterocycles. The van der Waals surface area contributed by atoms with E-state index in [1.807, 2.05) is 0 Å². The molecule has 1 amide bonds. The van der Waals surface area contributed by atoms with Crippen molar-refractivity contribution >= 4 is 28.9 Å². The summed E-state index contributed by atoms with van der Waals surface area (Å²) < 4.78 is 13.0. The van der Waals surface area contributed by atoms with Crippen molar-refractivity contribution in [2.24, 2.45) is 0 Å². The summed E-state index contributed by atoms with van der Waals surface area (Å²) >= 11 is 5.69. The quantitative estimate of drug-likeness (QED) is 0.689. The van der Waals surface area contributed by atoms with Gasteiger partial charge in [0, 0.05) is 17.3 Å². The number of halogens is 2. The van der Waals surface area contributed by atoms with Crippen molar-refractivity contribution in [2.45, 2.75) is 6.92 Å². The number of nitrogens with zero attached hydrogens (tertiary/aromatic N) is 1. The third kappa shape index (κ3) is 3.35. The van der Waals surface area contributed by atoms with Crippen LogP contribution in [0.5, 0.6) is 0 Å². The fraction of sp³-hybridized carbons (Fsp3) is 0.0714. The maximum atomic E-state index is 13.0. The third-order valence-electron chi connectivity index (χ3n) is 2.83. The smallest absolute Gasteiger partial charge is 0.289 e. The molecule has 21 heavy (non-hydrogen) atoms. The number of nitro groups is 1. The topological polar surface area (TPSA) is 72.2 Å². The van der Waals surface area contributed by atoms with Crippen molar-refractivity contribution in [2.75, 3.05) is 5.32 Å². The number of carbonyl (C=O) groups excluding carboxylic acids is 1. The maximum Gasteiger partial charge on any atom is 0.289 e. The molecule has 1 N–H and O–H groups in total. The van der Waals surface area contributed by atoms with Crippen molar-refractivity contribution in [3.05, 3.63) is 68.5 Å². The molecule has 2 rings (SSSR count). The van der Waals surface area contributed by atoms with Crippen molar-refractivity contribution in [1.82, 2.24) is 0 Å². The first-order valence-corrected chi connectivity index (χ1v) is 6.27. The minimum atomic E-state index is -0.638. The summed E-state index contributed by atoms with van der Waals surface area (Å²) in [5.41, 5.74) is 0.690. The molecule has 0 saturated heterocycles. The molecule has 0 saturated carbocycles. The molecule has 5 nitrogen and oxygen atoms in total. The largest absolute Gasteiger partial charge is 0.322 e. The molecule has 0 bridgehead atoms. The highest BCUT2D eigenvalue weighted by Crippen LogP contribution is 2.27. The van der Waals surface area contributed by atoms with E-state index in [2.05, 4.69) is 5.32 Å². The maximum absolute atomic E-state index is 13.0. The van der Waals surface area contributed by atoms with Gasteiger partial charge in [0.05, 0.1) is 4.92 Å². The van der Waals surface area contributed by atoms with Gasteiger partial charge < -0.3 is 5.32 Å².